The fourth-order valence-electron chi connectivity index (χ4n) is 2.91. The summed E-state index contributed by atoms with van der Waals surface area (Å²) in [5, 5.41) is 7.75. The zero-order chi connectivity index (χ0) is 20.8. The Balaban J connectivity index is 1.27. The average Bonchev–Trinajstić information content (AvgIpc) is 3.49. The number of thiazole rings is 1. The zero-order valence-electron chi connectivity index (χ0n) is 16.1. The maximum atomic E-state index is 12.3. The number of hydrogen-bond donors (Lipinski definition) is 0. The number of carbonyl (C=O) groups is 2. The van der Waals surface area contributed by atoms with Crippen molar-refractivity contribution in [3.05, 3.63) is 82.3 Å². The van der Waals surface area contributed by atoms with Crippen LogP contribution in [0.2, 0.25) is 0 Å². The second-order valence-electron chi connectivity index (χ2n) is 6.55. The van der Waals surface area contributed by atoms with Crippen LogP contribution in [0.4, 0.5) is 0 Å². The lowest BCUT2D eigenvalue weighted by atomic mass is 10.1. The third kappa shape index (κ3) is 5.14. The van der Waals surface area contributed by atoms with Crippen LogP contribution in [0.15, 0.2) is 75.5 Å². The number of carbonyl (C=O) groups excluding carboxylic acids is 2. The lowest BCUT2D eigenvalue weighted by molar-refractivity contribution is -0.134. The molecule has 0 bridgehead atoms. The second-order valence-corrected chi connectivity index (χ2v) is 8.32. The highest BCUT2D eigenvalue weighted by atomic mass is 32.2. The van der Waals surface area contributed by atoms with Gasteiger partial charge >= 0.3 is 5.97 Å². The number of aromatic nitrogens is 1. The van der Waals surface area contributed by atoms with Crippen molar-refractivity contribution < 1.29 is 14.3 Å². The van der Waals surface area contributed by atoms with Crippen LogP contribution < -0.4 is 0 Å². The van der Waals surface area contributed by atoms with E-state index >= 15 is 0 Å². The molecule has 1 aromatic heterocycles. The van der Waals surface area contributed by atoms with Crippen LogP contribution in [0, 0.1) is 0 Å². The van der Waals surface area contributed by atoms with E-state index in [1.807, 2.05) is 53.4 Å². The lowest BCUT2D eigenvalue weighted by Gasteiger charge is -2.11. The summed E-state index contributed by atoms with van der Waals surface area (Å²) in [6.45, 7) is 0.163. The van der Waals surface area contributed by atoms with Crippen molar-refractivity contribution in [3.63, 3.8) is 0 Å². The summed E-state index contributed by atoms with van der Waals surface area (Å²) in [6.07, 6.45) is 0.684. The molecule has 0 spiro atoms. The predicted octanol–water partition coefficient (Wildman–Crippen LogP) is 4.23. The first-order valence-corrected chi connectivity index (χ1v) is 11.3. The van der Waals surface area contributed by atoms with Gasteiger partial charge in [-0.2, -0.15) is 5.10 Å². The highest BCUT2D eigenvalue weighted by Crippen LogP contribution is 2.23. The average molecular weight is 438 g/mol. The molecule has 2 heterocycles. The molecule has 152 valence electrons. The summed E-state index contributed by atoms with van der Waals surface area (Å²) in [7, 11) is 0. The second kappa shape index (κ2) is 9.69. The van der Waals surface area contributed by atoms with E-state index < -0.39 is 5.97 Å². The number of benzene rings is 2. The van der Waals surface area contributed by atoms with Gasteiger partial charge in [-0.15, -0.1) is 23.1 Å². The minimum Gasteiger partial charge on any atom is -0.452 e. The molecule has 0 atom stereocenters. The van der Waals surface area contributed by atoms with Crippen molar-refractivity contribution in [1.29, 1.82) is 0 Å². The molecule has 0 radical (unpaired) electrons. The molecule has 0 aliphatic carbocycles. The van der Waals surface area contributed by atoms with Crippen LogP contribution in [-0.2, 0) is 15.3 Å². The molecule has 8 heteroatoms. The zero-order valence-corrected chi connectivity index (χ0v) is 17.7. The smallest absolute Gasteiger partial charge is 0.338 e. The number of rotatable bonds is 7. The first-order chi connectivity index (χ1) is 14.7. The quantitative estimate of drug-likeness (QED) is 0.409. The Bertz CT molecular complexity index is 1040. The number of thioether (sulfide) groups is 1. The summed E-state index contributed by atoms with van der Waals surface area (Å²) < 4.78 is 5.19. The molecule has 1 amide bonds. The molecule has 0 fully saturated rings. The molecule has 30 heavy (non-hydrogen) atoms. The molecule has 3 aromatic rings. The summed E-state index contributed by atoms with van der Waals surface area (Å²) in [5.41, 5.74) is 5.12. The molecule has 0 unspecified atom stereocenters. The van der Waals surface area contributed by atoms with Crippen molar-refractivity contribution in [2.24, 2.45) is 5.10 Å². The van der Waals surface area contributed by atoms with Gasteiger partial charge < -0.3 is 4.74 Å². The maximum Gasteiger partial charge on any atom is 0.338 e. The van der Waals surface area contributed by atoms with Crippen molar-refractivity contribution in [1.82, 2.24) is 9.99 Å². The van der Waals surface area contributed by atoms with Gasteiger partial charge in [0, 0.05) is 22.4 Å². The topological polar surface area (TPSA) is 71.9 Å². The summed E-state index contributed by atoms with van der Waals surface area (Å²) in [5.74, 6) is -0.0704. The summed E-state index contributed by atoms with van der Waals surface area (Å²) >= 11 is 3.22. The predicted molar refractivity (Wildman–Crippen MR) is 118 cm³/mol. The van der Waals surface area contributed by atoms with Gasteiger partial charge in [-0.25, -0.2) is 14.8 Å². The fourth-order valence-corrected chi connectivity index (χ4v) is 4.37. The maximum absolute atomic E-state index is 12.3. The molecular formula is C22H19N3O3S2. The minimum absolute atomic E-state index is 0.329. The Morgan fingerprint density at radius 3 is 2.63 bits per heavy atom. The molecule has 0 saturated carbocycles. The fraction of sp³-hybridized carbons (Fsp3) is 0.182. The van der Waals surface area contributed by atoms with E-state index in [4.69, 9.17) is 4.74 Å². The molecule has 1 aliphatic rings. The largest absolute Gasteiger partial charge is 0.452 e. The Kier molecular flexibility index (Phi) is 6.56. The SMILES string of the molecule is O=C(OCC(=O)N1CCC(c2ccccc2)=N1)c1ccc(SCc2cscn2)cc1. The summed E-state index contributed by atoms with van der Waals surface area (Å²) in [6, 6.07) is 16.9. The Morgan fingerprint density at radius 2 is 1.90 bits per heavy atom. The molecule has 1 aliphatic heterocycles. The van der Waals surface area contributed by atoms with Gasteiger partial charge in [-0.3, -0.25) is 4.79 Å². The normalized spacial score (nSPS) is 13.2. The van der Waals surface area contributed by atoms with Gasteiger partial charge in [0.15, 0.2) is 6.61 Å². The Hall–Kier alpha value is -2.97. The highest BCUT2D eigenvalue weighted by Gasteiger charge is 2.22. The van der Waals surface area contributed by atoms with Crippen LogP contribution in [0.1, 0.15) is 28.0 Å². The molecular weight excluding hydrogens is 418 g/mol. The standard InChI is InChI=1S/C22H19N3O3S2/c26-21(25-11-10-20(24-25)16-4-2-1-3-5-16)12-28-22(27)17-6-8-19(9-7-17)30-14-18-13-29-15-23-18/h1-9,13,15H,10-12,14H2. The number of hydrogen-bond acceptors (Lipinski definition) is 7. The van der Waals surface area contributed by atoms with Crippen molar-refractivity contribution in [3.8, 4) is 0 Å². The van der Waals surface area contributed by atoms with E-state index in [9.17, 15) is 9.59 Å². The molecule has 2 aromatic carbocycles. The van der Waals surface area contributed by atoms with E-state index in [1.165, 1.54) is 5.01 Å². The monoisotopic (exact) mass is 437 g/mol. The molecule has 0 saturated heterocycles. The lowest BCUT2D eigenvalue weighted by Crippen LogP contribution is -2.28. The van der Waals surface area contributed by atoms with Gasteiger partial charge in [0.25, 0.3) is 5.91 Å². The van der Waals surface area contributed by atoms with E-state index in [1.54, 1.807) is 35.2 Å². The van der Waals surface area contributed by atoms with E-state index in [0.717, 1.165) is 27.6 Å². The number of ether oxygens (including phenoxy) is 1. The van der Waals surface area contributed by atoms with Gasteiger partial charge in [0.2, 0.25) is 0 Å². The van der Waals surface area contributed by atoms with Gasteiger partial charge in [-0.05, 0) is 29.8 Å². The molecule has 4 rings (SSSR count). The first-order valence-electron chi connectivity index (χ1n) is 9.39. The van der Waals surface area contributed by atoms with Gasteiger partial charge in [-0.1, -0.05) is 30.3 Å². The van der Waals surface area contributed by atoms with Crippen molar-refractivity contribution >= 4 is 40.7 Å². The number of hydrazone groups is 1. The Morgan fingerprint density at radius 1 is 1.10 bits per heavy atom. The Labute approximate surface area is 182 Å². The van der Waals surface area contributed by atoms with E-state index in [-0.39, 0.29) is 12.5 Å². The molecule has 6 nitrogen and oxygen atoms in total. The third-order valence-electron chi connectivity index (χ3n) is 4.48. The van der Waals surface area contributed by atoms with Crippen LogP contribution >= 0.6 is 23.1 Å². The first kappa shape index (κ1) is 20.3. The minimum atomic E-state index is -0.522. The number of amides is 1. The van der Waals surface area contributed by atoms with E-state index in [0.29, 0.717) is 18.5 Å². The van der Waals surface area contributed by atoms with Crippen LogP contribution in [0.5, 0.6) is 0 Å². The molecule has 0 N–H and O–H groups in total. The van der Waals surface area contributed by atoms with E-state index in [2.05, 4.69) is 10.1 Å². The summed E-state index contributed by atoms with van der Waals surface area (Å²) in [4.78, 5) is 29.9. The highest BCUT2D eigenvalue weighted by molar-refractivity contribution is 7.98. The van der Waals surface area contributed by atoms with Gasteiger partial charge in [0.1, 0.15) is 0 Å². The van der Waals surface area contributed by atoms with Crippen LogP contribution in [-0.4, -0.2) is 40.7 Å². The van der Waals surface area contributed by atoms with Gasteiger partial charge in [0.05, 0.1) is 29.0 Å². The van der Waals surface area contributed by atoms with Crippen molar-refractivity contribution in [2.45, 2.75) is 17.1 Å². The van der Waals surface area contributed by atoms with Crippen LogP contribution in [0.25, 0.3) is 0 Å². The van der Waals surface area contributed by atoms with Crippen molar-refractivity contribution in [2.75, 3.05) is 13.2 Å². The number of esters is 1. The number of nitrogens with zero attached hydrogens (tertiary/aromatic N) is 3. The third-order valence-corrected chi connectivity index (χ3v) is 6.16. The van der Waals surface area contributed by atoms with Crippen LogP contribution in [0.3, 0.4) is 0 Å².